The van der Waals surface area contributed by atoms with Crippen molar-refractivity contribution in [3.8, 4) is 0 Å². The lowest BCUT2D eigenvalue weighted by Crippen LogP contribution is -2.35. The van der Waals surface area contributed by atoms with Gasteiger partial charge in [-0.3, -0.25) is 0 Å². The molecule has 3 nitrogen and oxygen atoms in total. The Kier molecular flexibility index (Phi) is 5.53. The van der Waals surface area contributed by atoms with Crippen molar-refractivity contribution in [3.05, 3.63) is 23.0 Å². The molecule has 2 rings (SSSR count). The molecule has 0 spiro atoms. The fraction of sp³-hybridized carbons (Fsp3) is 0.765. The Morgan fingerprint density at radius 2 is 1.95 bits per heavy atom. The standard InChI is InChI=1S/C17H29N3/c1-5-14-9-7-8-10-15(14)17(18-6-2)16-11-12(3)19-20-13(16)4/h11,14-15,17-18H,5-10H2,1-4H3. The largest absolute Gasteiger partial charge is 0.310 e. The zero-order valence-corrected chi connectivity index (χ0v) is 13.4. The first kappa shape index (κ1) is 15.4. The highest BCUT2D eigenvalue weighted by atomic mass is 15.1. The molecule has 20 heavy (non-hydrogen) atoms. The molecule has 1 aliphatic rings. The van der Waals surface area contributed by atoms with E-state index in [-0.39, 0.29) is 0 Å². The summed E-state index contributed by atoms with van der Waals surface area (Å²) in [6, 6.07) is 2.68. The Balaban J connectivity index is 2.31. The molecule has 1 aromatic rings. The Bertz CT molecular complexity index is 430. The van der Waals surface area contributed by atoms with Gasteiger partial charge in [0.15, 0.2) is 0 Å². The molecule has 1 saturated carbocycles. The molecule has 0 aliphatic heterocycles. The summed E-state index contributed by atoms with van der Waals surface area (Å²) in [6.45, 7) is 9.69. The lowest BCUT2D eigenvalue weighted by Gasteiger charge is -2.38. The molecular formula is C17H29N3. The van der Waals surface area contributed by atoms with Gasteiger partial charge in [-0.05, 0) is 50.3 Å². The van der Waals surface area contributed by atoms with Crippen LogP contribution in [0.25, 0.3) is 0 Å². The summed E-state index contributed by atoms with van der Waals surface area (Å²) in [6.07, 6.45) is 6.81. The third kappa shape index (κ3) is 3.38. The molecule has 1 fully saturated rings. The van der Waals surface area contributed by atoms with Crippen LogP contribution in [-0.2, 0) is 0 Å². The van der Waals surface area contributed by atoms with Crippen LogP contribution in [0.4, 0.5) is 0 Å². The van der Waals surface area contributed by atoms with E-state index in [9.17, 15) is 0 Å². The summed E-state index contributed by atoms with van der Waals surface area (Å²) in [7, 11) is 0. The fourth-order valence-corrected chi connectivity index (χ4v) is 3.78. The first-order chi connectivity index (χ1) is 9.67. The maximum Gasteiger partial charge on any atom is 0.0648 e. The summed E-state index contributed by atoms with van der Waals surface area (Å²) >= 11 is 0. The molecule has 0 aromatic carbocycles. The predicted octanol–water partition coefficient (Wildman–Crippen LogP) is 3.96. The number of nitrogens with one attached hydrogen (secondary N) is 1. The molecular weight excluding hydrogens is 246 g/mol. The molecule has 0 radical (unpaired) electrons. The van der Waals surface area contributed by atoms with E-state index >= 15 is 0 Å². The van der Waals surface area contributed by atoms with Crippen LogP contribution in [0, 0.1) is 25.7 Å². The highest BCUT2D eigenvalue weighted by molar-refractivity contribution is 5.25. The van der Waals surface area contributed by atoms with Crippen molar-refractivity contribution in [1.29, 1.82) is 0 Å². The Morgan fingerprint density at radius 1 is 1.20 bits per heavy atom. The summed E-state index contributed by atoms with van der Waals surface area (Å²) in [5.41, 5.74) is 3.48. The van der Waals surface area contributed by atoms with Crippen molar-refractivity contribution in [2.45, 2.75) is 65.8 Å². The van der Waals surface area contributed by atoms with Crippen molar-refractivity contribution in [2.75, 3.05) is 6.54 Å². The SMILES string of the molecule is CCNC(c1cc(C)nnc1C)C1CCCCC1CC. The molecule has 0 saturated heterocycles. The molecule has 1 aliphatic carbocycles. The van der Waals surface area contributed by atoms with E-state index in [1.54, 1.807) is 0 Å². The fourth-order valence-electron chi connectivity index (χ4n) is 3.78. The maximum absolute atomic E-state index is 4.34. The average Bonchev–Trinajstić information content (AvgIpc) is 2.47. The number of aromatic nitrogens is 2. The zero-order valence-electron chi connectivity index (χ0n) is 13.4. The minimum Gasteiger partial charge on any atom is -0.310 e. The van der Waals surface area contributed by atoms with Gasteiger partial charge in [-0.15, -0.1) is 0 Å². The number of rotatable bonds is 5. The third-order valence-electron chi connectivity index (χ3n) is 4.82. The molecule has 3 heteroatoms. The van der Waals surface area contributed by atoms with Gasteiger partial charge in [0.1, 0.15) is 0 Å². The van der Waals surface area contributed by atoms with Crippen LogP contribution in [0.5, 0.6) is 0 Å². The molecule has 3 unspecified atom stereocenters. The molecule has 1 N–H and O–H groups in total. The minimum atomic E-state index is 0.444. The van der Waals surface area contributed by atoms with Gasteiger partial charge in [-0.2, -0.15) is 10.2 Å². The van der Waals surface area contributed by atoms with Gasteiger partial charge < -0.3 is 5.32 Å². The van der Waals surface area contributed by atoms with Crippen molar-refractivity contribution >= 4 is 0 Å². The van der Waals surface area contributed by atoms with E-state index in [1.807, 2.05) is 6.92 Å². The highest BCUT2D eigenvalue weighted by Crippen LogP contribution is 2.40. The summed E-state index contributed by atoms with van der Waals surface area (Å²) in [5, 5.41) is 12.3. The molecule has 112 valence electrons. The van der Waals surface area contributed by atoms with Gasteiger partial charge in [0.2, 0.25) is 0 Å². The summed E-state index contributed by atoms with van der Waals surface area (Å²) in [5.74, 6) is 1.59. The van der Waals surface area contributed by atoms with Crippen molar-refractivity contribution in [3.63, 3.8) is 0 Å². The second kappa shape index (κ2) is 7.16. The quantitative estimate of drug-likeness (QED) is 0.884. The monoisotopic (exact) mass is 275 g/mol. The molecule has 3 atom stereocenters. The van der Waals surface area contributed by atoms with Gasteiger partial charge in [-0.1, -0.05) is 39.5 Å². The van der Waals surface area contributed by atoms with E-state index < -0.39 is 0 Å². The van der Waals surface area contributed by atoms with Gasteiger partial charge in [-0.25, -0.2) is 0 Å². The first-order valence-corrected chi connectivity index (χ1v) is 8.21. The number of nitrogens with zero attached hydrogens (tertiary/aromatic N) is 2. The average molecular weight is 275 g/mol. The van der Waals surface area contributed by atoms with E-state index in [2.05, 4.69) is 42.4 Å². The Hall–Kier alpha value is -0.960. The normalized spacial score (nSPS) is 24.6. The van der Waals surface area contributed by atoms with Gasteiger partial charge in [0.25, 0.3) is 0 Å². The van der Waals surface area contributed by atoms with Crippen molar-refractivity contribution < 1.29 is 0 Å². The van der Waals surface area contributed by atoms with E-state index in [1.165, 1.54) is 37.7 Å². The first-order valence-electron chi connectivity index (χ1n) is 8.21. The third-order valence-corrected chi connectivity index (χ3v) is 4.82. The lowest BCUT2D eigenvalue weighted by molar-refractivity contribution is 0.176. The van der Waals surface area contributed by atoms with E-state index in [0.29, 0.717) is 6.04 Å². The summed E-state index contributed by atoms with van der Waals surface area (Å²) in [4.78, 5) is 0. The van der Waals surface area contributed by atoms with Crippen LogP contribution in [0.2, 0.25) is 0 Å². The lowest BCUT2D eigenvalue weighted by atomic mass is 9.72. The van der Waals surface area contributed by atoms with Crippen LogP contribution >= 0.6 is 0 Å². The topological polar surface area (TPSA) is 37.8 Å². The summed E-state index contributed by atoms with van der Waals surface area (Å²) < 4.78 is 0. The van der Waals surface area contributed by atoms with Crippen LogP contribution in [0.15, 0.2) is 6.07 Å². The molecule has 0 amide bonds. The number of hydrogen-bond donors (Lipinski definition) is 1. The highest BCUT2D eigenvalue weighted by Gasteiger charge is 2.32. The van der Waals surface area contributed by atoms with Crippen LogP contribution in [-0.4, -0.2) is 16.7 Å². The zero-order chi connectivity index (χ0) is 14.5. The van der Waals surface area contributed by atoms with Gasteiger partial charge in [0.05, 0.1) is 11.4 Å². The Morgan fingerprint density at radius 3 is 2.65 bits per heavy atom. The van der Waals surface area contributed by atoms with Crippen molar-refractivity contribution in [1.82, 2.24) is 15.5 Å². The second-order valence-electron chi connectivity index (χ2n) is 6.18. The maximum atomic E-state index is 4.34. The molecule has 0 bridgehead atoms. The number of hydrogen-bond acceptors (Lipinski definition) is 3. The smallest absolute Gasteiger partial charge is 0.0648 e. The number of aryl methyl sites for hydroxylation is 2. The predicted molar refractivity (Wildman–Crippen MR) is 83.7 cm³/mol. The van der Waals surface area contributed by atoms with Crippen LogP contribution < -0.4 is 5.32 Å². The minimum absolute atomic E-state index is 0.444. The van der Waals surface area contributed by atoms with E-state index in [4.69, 9.17) is 0 Å². The van der Waals surface area contributed by atoms with E-state index in [0.717, 1.165) is 29.8 Å². The van der Waals surface area contributed by atoms with Crippen LogP contribution in [0.1, 0.15) is 68.9 Å². The second-order valence-corrected chi connectivity index (χ2v) is 6.18. The van der Waals surface area contributed by atoms with Crippen LogP contribution in [0.3, 0.4) is 0 Å². The Labute approximate surface area is 123 Å². The van der Waals surface area contributed by atoms with Gasteiger partial charge in [0, 0.05) is 6.04 Å². The molecule has 1 aromatic heterocycles. The molecule has 1 heterocycles. The van der Waals surface area contributed by atoms with Crippen molar-refractivity contribution in [2.24, 2.45) is 11.8 Å². The van der Waals surface area contributed by atoms with Gasteiger partial charge >= 0.3 is 0 Å².